The van der Waals surface area contributed by atoms with Gasteiger partial charge in [0.2, 0.25) is 0 Å². The van der Waals surface area contributed by atoms with E-state index in [4.69, 9.17) is 10.5 Å². The van der Waals surface area contributed by atoms with Crippen molar-refractivity contribution in [1.29, 1.82) is 0 Å². The molecule has 0 saturated carbocycles. The van der Waals surface area contributed by atoms with Crippen LogP contribution < -0.4 is 10.5 Å². The predicted molar refractivity (Wildman–Crippen MR) is 81.6 cm³/mol. The first-order chi connectivity index (χ1) is 10.1. The second-order valence-electron chi connectivity index (χ2n) is 4.92. The maximum absolute atomic E-state index is 13.8. The molecule has 0 amide bonds. The summed E-state index contributed by atoms with van der Waals surface area (Å²) in [6, 6.07) is 14.6. The number of anilines is 1. The lowest BCUT2D eigenvalue weighted by Gasteiger charge is -2.09. The van der Waals surface area contributed by atoms with Gasteiger partial charge in [0.1, 0.15) is 6.61 Å². The van der Waals surface area contributed by atoms with Gasteiger partial charge in [0.15, 0.2) is 11.6 Å². The fourth-order valence-electron chi connectivity index (χ4n) is 2.12. The molecule has 1 aromatic heterocycles. The fourth-order valence-corrected chi connectivity index (χ4v) is 2.12. The maximum Gasteiger partial charge on any atom is 0.167 e. The van der Waals surface area contributed by atoms with E-state index in [1.54, 1.807) is 6.07 Å². The van der Waals surface area contributed by atoms with Gasteiger partial charge in [-0.2, -0.15) is 0 Å². The molecule has 3 rings (SSSR count). The first-order valence-electron chi connectivity index (χ1n) is 6.66. The minimum Gasteiger partial charge on any atom is -0.484 e. The predicted octanol–water partition coefficient (Wildman–Crippen LogP) is 3.84. The van der Waals surface area contributed by atoms with E-state index in [2.05, 4.69) is 4.98 Å². The van der Waals surface area contributed by atoms with Crippen molar-refractivity contribution in [2.24, 2.45) is 0 Å². The standard InChI is InChI=1S/C17H15FN2O/c1-11-8-17(14(18)9-15(11)19)21-10-13-7-6-12-4-2-3-5-16(12)20-13/h2-9H,10,19H2,1H3. The number of para-hydroxylation sites is 1. The van der Waals surface area contributed by atoms with Crippen LogP contribution in [0.25, 0.3) is 10.9 Å². The molecule has 0 unspecified atom stereocenters. The number of hydrogen-bond donors (Lipinski definition) is 1. The molecule has 0 fully saturated rings. The summed E-state index contributed by atoms with van der Waals surface area (Å²) in [5.41, 5.74) is 8.51. The Hall–Kier alpha value is -2.62. The summed E-state index contributed by atoms with van der Waals surface area (Å²) in [4.78, 5) is 4.49. The largest absolute Gasteiger partial charge is 0.484 e. The highest BCUT2D eigenvalue weighted by atomic mass is 19.1. The van der Waals surface area contributed by atoms with E-state index in [0.717, 1.165) is 22.2 Å². The third kappa shape index (κ3) is 2.79. The summed E-state index contributed by atoms with van der Waals surface area (Å²) in [5.74, 6) is -0.268. The molecule has 0 bridgehead atoms. The van der Waals surface area contributed by atoms with Crippen LogP contribution in [0.5, 0.6) is 5.75 Å². The highest BCUT2D eigenvalue weighted by Crippen LogP contribution is 2.24. The molecule has 106 valence electrons. The molecular formula is C17H15FN2O. The minimum atomic E-state index is -0.459. The van der Waals surface area contributed by atoms with Gasteiger partial charge in [-0.1, -0.05) is 24.3 Å². The Morgan fingerprint density at radius 2 is 1.95 bits per heavy atom. The van der Waals surface area contributed by atoms with E-state index in [9.17, 15) is 4.39 Å². The van der Waals surface area contributed by atoms with Crippen LogP contribution in [0, 0.1) is 12.7 Å². The number of hydrogen-bond acceptors (Lipinski definition) is 3. The van der Waals surface area contributed by atoms with E-state index in [0.29, 0.717) is 5.69 Å². The molecular weight excluding hydrogens is 267 g/mol. The Morgan fingerprint density at radius 1 is 1.14 bits per heavy atom. The SMILES string of the molecule is Cc1cc(OCc2ccc3ccccc3n2)c(F)cc1N. The lowest BCUT2D eigenvalue weighted by molar-refractivity contribution is 0.286. The lowest BCUT2D eigenvalue weighted by Crippen LogP contribution is -2.01. The zero-order valence-electron chi connectivity index (χ0n) is 11.6. The Labute approximate surface area is 122 Å². The monoisotopic (exact) mass is 282 g/mol. The average molecular weight is 282 g/mol. The second-order valence-corrected chi connectivity index (χ2v) is 4.92. The van der Waals surface area contributed by atoms with Gasteiger partial charge in [0.25, 0.3) is 0 Å². The molecule has 0 saturated heterocycles. The van der Waals surface area contributed by atoms with Gasteiger partial charge in [0, 0.05) is 17.1 Å². The van der Waals surface area contributed by atoms with Gasteiger partial charge in [-0.05, 0) is 30.7 Å². The summed E-state index contributed by atoms with van der Waals surface area (Å²) in [6.45, 7) is 2.03. The van der Waals surface area contributed by atoms with Crippen molar-refractivity contribution in [3.8, 4) is 5.75 Å². The number of halogens is 1. The zero-order valence-corrected chi connectivity index (χ0v) is 11.6. The lowest BCUT2D eigenvalue weighted by atomic mass is 10.2. The Kier molecular flexibility index (Phi) is 3.44. The molecule has 0 aliphatic rings. The first kappa shape index (κ1) is 13.4. The summed E-state index contributed by atoms with van der Waals surface area (Å²) < 4.78 is 19.3. The summed E-state index contributed by atoms with van der Waals surface area (Å²) in [7, 11) is 0. The number of rotatable bonds is 3. The van der Waals surface area contributed by atoms with E-state index < -0.39 is 5.82 Å². The number of nitrogen functional groups attached to an aromatic ring is 1. The van der Waals surface area contributed by atoms with Gasteiger partial charge >= 0.3 is 0 Å². The van der Waals surface area contributed by atoms with Gasteiger partial charge in [0.05, 0.1) is 11.2 Å². The van der Waals surface area contributed by atoms with Crippen molar-refractivity contribution in [3.05, 3.63) is 65.6 Å². The number of ether oxygens (including phenoxy) is 1. The highest BCUT2D eigenvalue weighted by molar-refractivity contribution is 5.78. The molecule has 2 N–H and O–H groups in total. The molecule has 4 heteroatoms. The molecule has 21 heavy (non-hydrogen) atoms. The van der Waals surface area contributed by atoms with E-state index in [-0.39, 0.29) is 12.4 Å². The topological polar surface area (TPSA) is 48.1 Å². The van der Waals surface area contributed by atoms with Crippen LogP contribution in [0.4, 0.5) is 10.1 Å². The van der Waals surface area contributed by atoms with Crippen LogP contribution in [0.3, 0.4) is 0 Å². The van der Waals surface area contributed by atoms with Gasteiger partial charge in [-0.15, -0.1) is 0 Å². The van der Waals surface area contributed by atoms with Crippen molar-refractivity contribution in [1.82, 2.24) is 4.98 Å². The van der Waals surface area contributed by atoms with Crippen LogP contribution in [0.2, 0.25) is 0 Å². The van der Waals surface area contributed by atoms with E-state index in [1.807, 2.05) is 43.3 Å². The fraction of sp³-hybridized carbons (Fsp3) is 0.118. The summed E-state index contributed by atoms with van der Waals surface area (Å²) in [6.07, 6.45) is 0. The Morgan fingerprint density at radius 3 is 2.81 bits per heavy atom. The van der Waals surface area contributed by atoms with Crippen molar-refractivity contribution in [3.63, 3.8) is 0 Å². The minimum absolute atomic E-state index is 0.191. The van der Waals surface area contributed by atoms with Crippen LogP contribution >= 0.6 is 0 Å². The molecule has 3 nitrogen and oxygen atoms in total. The number of aryl methyl sites for hydroxylation is 1. The van der Waals surface area contributed by atoms with Gasteiger partial charge in [-0.3, -0.25) is 0 Å². The van der Waals surface area contributed by atoms with Crippen LogP contribution in [0.15, 0.2) is 48.5 Å². The van der Waals surface area contributed by atoms with Crippen molar-refractivity contribution < 1.29 is 9.13 Å². The van der Waals surface area contributed by atoms with Crippen LogP contribution in [0.1, 0.15) is 11.3 Å². The van der Waals surface area contributed by atoms with Crippen molar-refractivity contribution >= 4 is 16.6 Å². The Balaban J connectivity index is 1.81. The first-order valence-corrected chi connectivity index (χ1v) is 6.66. The van der Waals surface area contributed by atoms with Crippen molar-refractivity contribution in [2.45, 2.75) is 13.5 Å². The second kappa shape index (κ2) is 5.40. The number of aromatic nitrogens is 1. The highest BCUT2D eigenvalue weighted by Gasteiger charge is 2.07. The quantitative estimate of drug-likeness (QED) is 0.742. The summed E-state index contributed by atoms with van der Waals surface area (Å²) in [5, 5.41) is 1.07. The molecule has 0 radical (unpaired) electrons. The van der Waals surface area contributed by atoms with Crippen LogP contribution in [-0.2, 0) is 6.61 Å². The van der Waals surface area contributed by atoms with Crippen molar-refractivity contribution in [2.75, 3.05) is 5.73 Å². The smallest absolute Gasteiger partial charge is 0.167 e. The Bertz CT molecular complexity index is 802. The zero-order chi connectivity index (χ0) is 14.8. The third-order valence-corrected chi connectivity index (χ3v) is 3.35. The number of nitrogens with zero attached hydrogens (tertiary/aromatic N) is 1. The maximum atomic E-state index is 13.8. The number of nitrogens with two attached hydrogens (primary N) is 1. The van der Waals surface area contributed by atoms with Crippen LogP contribution in [-0.4, -0.2) is 4.98 Å². The number of fused-ring (bicyclic) bond motifs is 1. The number of benzene rings is 2. The van der Waals surface area contributed by atoms with Gasteiger partial charge in [-0.25, -0.2) is 9.37 Å². The third-order valence-electron chi connectivity index (χ3n) is 3.35. The molecule has 2 aromatic carbocycles. The molecule has 0 spiro atoms. The molecule has 0 aliphatic carbocycles. The normalized spacial score (nSPS) is 10.8. The average Bonchev–Trinajstić information content (AvgIpc) is 2.49. The molecule has 1 heterocycles. The summed E-state index contributed by atoms with van der Waals surface area (Å²) >= 11 is 0. The van der Waals surface area contributed by atoms with E-state index in [1.165, 1.54) is 6.07 Å². The molecule has 0 aliphatic heterocycles. The molecule has 3 aromatic rings. The number of pyridine rings is 1. The van der Waals surface area contributed by atoms with Gasteiger partial charge < -0.3 is 10.5 Å². The molecule has 0 atom stereocenters. The van der Waals surface area contributed by atoms with E-state index >= 15 is 0 Å².